The number of benzene rings is 1. The average molecular weight is 379 g/mol. The lowest BCUT2D eigenvalue weighted by atomic mass is 10.1. The summed E-state index contributed by atoms with van der Waals surface area (Å²) in [4.78, 5) is 6.82. The fourth-order valence-corrected chi connectivity index (χ4v) is 3.41. The summed E-state index contributed by atoms with van der Waals surface area (Å²) in [6.07, 6.45) is 4.80. The summed E-state index contributed by atoms with van der Waals surface area (Å²) >= 11 is 0. The van der Waals surface area contributed by atoms with Crippen LogP contribution in [-0.2, 0) is 6.42 Å². The number of nitrogens with one attached hydrogen (secondary N) is 2. The van der Waals surface area contributed by atoms with E-state index in [0.29, 0.717) is 17.2 Å². The number of hydrogen-bond acceptors (Lipinski definition) is 5. The van der Waals surface area contributed by atoms with Gasteiger partial charge in [-0.05, 0) is 38.4 Å². The van der Waals surface area contributed by atoms with Gasteiger partial charge < -0.3 is 29.7 Å². The number of nitrogens with zero attached hydrogens (tertiary/aromatic N) is 2. The van der Waals surface area contributed by atoms with Gasteiger partial charge in [-0.3, -0.25) is 4.99 Å². The van der Waals surface area contributed by atoms with E-state index in [1.807, 2.05) is 12.1 Å². The summed E-state index contributed by atoms with van der Waals surface area (Å²) in [5.74, 6) is 2.83. The van der Waals surface area contributed by atoms with Gasteiger partial charge >= 0.3 is 0 Å². The highest BCUT2D eigenvalue weighted by molar-refractivity contribution is 5.79. The van der Waals surface area contributed by atoms with Crippen LogP contribution < -0.4 is 24.8 Å². The van der Waals surface area contributed by atoms with Crippen molar-refractivity contribution in [2.24, 2.45) is 4.99 Å². The minimum absolute atomic E-state index is 0.626. The van der Waals surface area contributed by atoms with Crippen LogP contribution in [0.1, 0.15) is 24.8 Å². The Hall–Kier alpha value is -2.15. The molecule has 0 saturated carbocycles. The van der Waals surface area contributed by atoms with Crippen LogP contribution in [0.5, 0.6) is 17.2 Å². The van der Waals surface area contributed by atoms with Crippen molar-refractivity contribution in [1.82, 2.24) is 15.5 Å². The molecule has 0 amide bonds. The minimum atomic E-state index is 0.626. The summed E-state index contributed by atoms with van der Waals surface area (Å²) in [6.45, 7) is 5.14. The molecule has 2 rings (SSSR count). The minimum Gasteiger partial charge on any atom is -0.493 e. The van der Waals surface area contributed by atoms with Gasteiger partial charge in [0.25, 0.3) is 0 Å². The second-order valence-electron chi connectivity index (χ2n) is 6.57. The molecule has 1 aliphatic heterocycles. The lowest BCUT2D eigenvalue weighted by Gasteiger charge is -2.26. The monoisotopic (exact) mass is 378 g/mol. The second kappa shape index (κ2) is 11.5. The number of likely N-dealkylation sites (tertiary alicyclic amines) is 1. The zero-order chi connectivity index (χ0) is 19.5. The zero-order valence-corrected chi connectivity index (χ0v) is 17.1. The molecule has 1 heterocycles. The van der Waals surface area contributed by atoms with Crippen molar-refractivity contribution in [3.05, 3.63) is 17.7 Å². The van der Waals surface area contributed by atoms with E-state index in [4.69, 9.17) is 14.2 Å². The van der Waals surface area contributed by atoms with Gasteiger partial charge in [-0.1, -0.05) is 12.5 Å². The number of aliphatic imine (C=N–C) groups is 1. The van der Waals surface area contributed by atoms with Crippen molar-refractivity contribution >= 4 is 5.96 Å². The molecular weight excluding hydrogens is 344 g/mol. The van der Waals surface area contributed by atoms with E-state index < -0.39 is 0 Å². The normalized spacial score (nSPS) is 15.3. The maximum atomic E-state index is 5.54. The highest BCUT2D eigenvalue weighted by Crippen LogP contribution is 2.39. The Morgan fingerprint density at radius 2 is 1.67 bits per heavy atom. The lowest BCUT2D eigenvalue weighted by Crippen LogP contribution is -2.43. The number of ether oxygens (including phenoxy) is 3. The number of rotatable bonds is 9. The van der Waals surface area contributed by atoms with Gasteiger partial charge in [0.05, 0.1) is 21.3 Å². The number of piperidine rings is 1. The first-order valence-corrected chi connectivity index (χ1v) is 9.68. The highest BCUT2D eigenvalue weighted by atomic mass is 16.5. The molecule has 0 bridgehead atoms. The van der Waals surface area contributed by atoms with E-state index in [0.717, 1.165) is 37.6 Å². The Bertz CT molecular complexity index is 601. The van der Waals surface area contributed by atoms with Crippen molar-refractivity contribution in [1.29, 1.82) is 0 Å². The molecule has 1 aliphatic rings. The predicted molar refractivity (Wildman–Crippen MR) is 109 cm³/mol. The second-order valence-corrected chi connectivity index (χ2v) is 6.57. The summed E-state index contributed by atoms with van der Waals surface area (Å²) in [6, 6.07) is 3.91. The Morgan fingerprint density at radius 3 is 2.30 bits per heavy atom. The van der Waals surface area contributed by atoms with Crippen molar-refractivity contribution in [3.63, 3.8) is 0 Å². The van der Waals surface area contributed by atoms with E-state index in [1.165, 1.54) is 32.4 Å². The molecule has 1 aromatic rings. The summed E-state index contributed by atoms with van der Waals surface area (Å²) in [5.41, 5.74) is 1.06. The fraction of sp³-hybridized carbons (Fsp3) is 0.650. The molecule has 7 heteroatoms. The van der Waals surface area contributed by atoms with Crippen LogP contribution in [0.25, 0.3) is 0 Å². The van der Waals surface area contributed by atoms with Crippen molar-refractivity contribution in [2.45, 2.75) is 25.7 Å². The molecule has 152 valence electrons. The lowest BCUT2D eigenvalue weighted by molar-refractivity contribution is 0.232. The molecule has 0 aromatic heterocycles. The molecule has 0 radical (unpaired) electrons. The third-order valence-electron chi connectivity index (χ3n) is 4.87. The van der Waals surface area contributed by atoms with Crippen LogP contribution in [-0.4, -0.2) is 72.0 Å². The molecule has 7 nitrogen and oxygen atoms in total. The van der Waals surface area contributed by atoms with E-state index in [2.05, 4.69) is 20.5 Å². The van der Waals surface area contributed by atoms with Gasteiger partial charge in [0.1, 0.15) is 0 Å². The van der Waals surface area contributed by atoms with Crippen LogP contribution in [0.4, 0.5) is 0 Å². The Kier molecular flexibility index (Phi) is 9.04. The van der Waals surface area contributed by atoms with Crippen LogP contribution in [0.15, 0.2) is 17.1 Å². The SMILES string of the molecule is CN=C(NCCc1ccc(OC)c(OC)c1OC)NCCN1CCCCC1. The van der Waals surface area contributed by atoms with Crippen LogP contribution >= 0.6 is 0 Å². The van der Waals surface area contributed by atoms with E-state index in [-0.39, 0.29) is 0 Å². The summed E-state index contributed by atoms with van der Waals surface area (Å²) in [7, 11) is 6.69. The molecule has 27 heavy (non-hydrogen) atoms. The van der Waals surface area contributed by atoms with Crippen LogP contribution in [0.2, 0.25) is 0 Å². The van der Waals surface area contributed by atoms with E-state index in [9.17, 15) is 0 Å². The molecule has 1 aromatic carbocycles. The molecule has 0 aliphatic carbocycles. The quantitative estimate of drug-likeness (QED) is 0.505. The van der Waals surface area contributed by atoms with Gasteiger partial charge in [0.15, 0.2) is 17.5 Å². The first-order valence-electron chi connectivity index (χ1n) is 9.68. The number of hydrogen-bond donors (Lipinski definition) is 2. The highest BCUT2D eigenvalue weighted by Gasteiger charge is 2.15. The van der Waals surface area contributed by atoms with Gasteiger partial charge in [0, 0.05) is 32.2 Å². The van der Waals surface area contributed by atoms with Crippen LogP contribution in [0, 0.1) is 0 Å². The topological polar surface area (TPSA) is 67.4 Å². The third-order valence-corrected chi connectivity index (χ3v) is 4.87. The van der Waals surface area contributed by atoms with Crippen molar-refractivity contribution < 1.29 is 14.2 Å². The summed E-state index contributed by atoms with van der Waals surface area (Å²) in [5, 5.41) is 6.76. The Balaban J connectivity index is 1.81. The first-order chi connectivity index (χ1) is 13.2. The van der Waals surface area contributed by atoms with Crippen molar-refractivity contribution in [3.8, 4) is 17.2 Å². The van der Waals surface area contributed by atoms with Gasteiger partial charge in [-0.25, -0.2) is 0 Å². The standard InChI is InChI=1S/C20H34N4O3/c1-21-20(23-12-15-24-13-6-5-7-14-24)22-11-10-16-8-9-17(25-2)19(27-4)18(16)26-3/h8-9H,5-7,10-15H2,1-4H3,(H2,21,22,23). The van der Waals surface area contributed by atoms with Gasteiger partial charge in [-0.15, -0.1) is 0 Å². The Labute approximate surface area is 163 Å². The summed E-state index contributed by atoms with van der Waals surface area (Å²) < 4.78 is 16.3. The molecule has 1 saturated heterocycles. The molecule has 0 spiro atoms. The van der Waals surface area contributed by atoms with E-state index in [1.54, 1.807) is 28.4 Å². The van der Waals surface area contributed by atoms with Gasteiger partial charge in [0.2, 0.25) is 5.75 Å². The predicted octanol–water partition coefficient (Wildman–Crippen LogP) is 1.91. The molecular formula is C20H34N4O3. The Morgan fingerprint density at radius 1 is 0.963 bits per heavy atom. The van der Waals surface area contributed by atoms with Gasteiger partial charge in [-0.2, -0.15) is 0 Å². The molecule has 2 N–H and O–H groups in total. The smallest absolute Gasteiger partial charge is 0.203 e. The molecule has 0 atom stereocenters. The zero-order valence-electron chi connectivity index (χ0n) is 17.1. The fourth-order valence-electron chi connectivity index (χ4n) is 3.41. The average Bonchev–Trinajstić information content (AvgIpc) is 2.72. The number of guanidine groups is 1. The van der Waals surface area contributed by atoms with Crippen LogP contribution in [0.3, 0.4) is 0 Å². The largest absolute Gasteiger partial charge is 0.493 e. The number of methoxy groups -OCH3 is 3. The maximum absolute atomic E-state index is 5.54. The maximum Gasteiger partial charge on any atom is 0.203 e. The molecule has 1 fully saturated rings. The first kappa shape index (κ1) is 21.2. The molecule has 0 unspecified atom stereocenters. The van der Waals surface area contributed by atoms with Crippen molar-refractivity contribution in [2.75, 3.05) is 61.1 Å². The third kappa shape index (κ3) is 6.20. The van der Waals surface area contributed by atoms with E-state index >= 15 is 0 Å².